The molecule has 1 unspecified atom stereocenters. The highest BCUT2D eigenvalue weighted by molar-refractivity contribution is 9.10. The van der Waals surface area contributed by atoms with E-state index in [4.69, 9.17) is 11.6 Å². The van der Waals surface area contributed by atoms with Gasteiger partial charge in [-0.15, -0.1) is 0 Å². The smallest absolute Gasteiger partial charge is 0.165 e. The van der Waals surface area contributed by atoms with Gasteiger partial charge in [-0.05, 0) is 51.2 Å². The van der Waals surface area contributed by atoms with Crippen molar-refractivity contribution in [3.8, 4) is 0 Å². The van der Waals surface area contributed by atoms with Crippen LogP contribution in [0.2, 0.25) is 5.02 Å². The zero-order valence-electron chi connectivity index (χ0n) is 12.6. The molecular weight excluding hydrogens is 352 g/mol. The maximum absolute atomic E-state index is 12.2. The number of carbonyl (C=O) groups is 1. The minimum absolute atomic E-state index is 0.114. The van der Waals surface area contributed by atoms with Crippen LogP contribution in [0.25, 0.3) is 0 Å². The average molecular weight is 374 g/mol. The molecule has 1 aliphatic rings. The van der Waals surface area contributed by atoms with Gasteiger partial charge in [0.15, 0.2) is 5.78 Å². The van der Waals surface area contributed by atoms with E-state index in [0.717, 1.165) is 30.0 Å². The van der Waals surface area contributed by atoms with E-state index in [2.05, 4.69) is 39.8 Å². The van der Waals surface area contributed by atoms with Gasteiger partial charge in [0.1, 0.15) is 0 Å². The molecule has 1 heterocycles. The third-order valence-corrected chi connectivity index (χ3v) is 4.82. The molecule has 0 saturated carbocycles. The Morgan fingerprint density at radius 1 is 1.52 bits per heavy atom. The van der Waals surface area contributed by atoms with Gasteiger partial charge in [0.2, 0.25) is 0 Å². The maximum Gasteiger partial charge on any atom is 0.165 e. The van der Waals surface area contributed by atoms with Gasteiger partial charge in [-0.1, -0.05) is 27.5 Å². The molecule has 0 aliphatic carbocycles. The fourth-order valence-electron chi connectivity index (χ4n) is 2.85. The zero-order valence-corrected chi connectivity index (χ0v) is 15.0. The number of nitrogens with zero attached hydrogens (tertiary/aromatic N) is 2. The third kappa shape index (κ3) is 5.06. The number of hydrogen-bond acceptors (Lipinski definition) is 3. The van der Waals surface area contributed by atoms with Crippen molar-refractivity contribution >= 4 is 33.3 Å². The molecule has 116 valence electrons. The molecule has 1 aliphatic heterocycles. The minimum atomic E-state index is 0.114. The van der Waals surface area contributed by atoms with Crippen molar-refractivity contribution in [1.82, 2.24) is 9.80 Å². The second-order valence-corrected chi connectivity index (χ2v) is 7.30. The predicted octanol–water partition coefficient (Wildman–Crippen LogP) is 3.56. The van der Waals surface area contributed by atoms with Gasteiger partial charge in [-0.3, -0.25) is 4.79 Å². The van der Waals surface area contributed by atoms with Gasteiger partial charge >= 0.3 is 0 Å². The van der Waals surface area contributed by atoms with Crippen LogP contribution in [-0.2, 0) is 0 Å². The molecule has 1 aromatic carbocycles. The lowest BCUT2D eigenvalue weighted by atomic mass is 10.1. The first kappa shape index (κ1) is 16.9. The standard InChI is InChI=1S/C16H22BrClN2O/c1-19-7-5-12(10-19)11-20(2)8-6-16(21)14-4-3-13(17)9-15(14)18/h3-4,9,12H,5-8,10-11H2,1-2H3. The quantitative estimate of drug-likeness (QED) is 0.712. The largest absolute Gasteiger partial charge is 0.306 e. The summed E-state index contributed by atoms with van der Waals surface area (Å²) in [7, 11) is 4.26. The Balaban J connectivity index is 1.80. The second-order valence-electron chi connectivity index (χ2n) is 5.98. The highest BCUT2D eigenvalue weighted by Crippen LogP contribution is 2.22. The van der Waals surface area contributed by atoms with Gasteiger partial charge in [-0.25, -0.2) is 0 Å². The van der Waals surface area contributed by atoms with Crippen LogP contribution in [0, 0.1) is 5.92 Å². The Labute approximate surface area is 140 Å². The fraction of sp³-hybridized carbons (Fsp3) is 0.562. The van der Waals surface area contributed by atoms with E-state index in [1.807, 2.05) is 6.07 Å². The topological polar surface area (TPSA) is 23.6 Å². The Hall–Kier alpha value is -0.420. The van der Waals surface area contributed by atoms with Crippen molar-refractivity contribution in [2.24, 2.45) is 5.92 Å². The van der Waals surface area contributed by atoms with Crippen LogP contribution in [0.3, 0.4) is 0 Å². The summed E-state index contributed by atoms with van der Waals surface area (Å²) >= 11 is 9.48. The molecule has 0 N–H and O–H groups in total. The normalized spacial score (nSPS) is 19.4. The summed E-state index contributed by atoms with van der Waals surface area (Å²) in [4.78, 5) is 16.9. The van der Waals surface area contributed by atoms with Crippen molar-refractivity contribution < 1.29 is 4.79 Å². The monoisotopic (exact) mass is 372 g/mol. The van der Waals surface area contributed by atoms with E-state index in [9.17, 15) is 4.79 Å². The first-order chi connectivity index (χ1) is 9.95. The molecule has 5 heteroatoms. The minimum Gasteiger partial charge on any atom is -0.306 e. The molecule has 0 radical (unpaired) electrons. The first-order valence-electron chi connectivity index (χ1n) is 7.31. The predicted molar refractivity (Wildman–Crippen MR) is 91.2 cm³/mol. The molecule has 0 spiro atoms. The molecule has 2 rings (SSSR count). The number of Topliss-reactive ketones (excluding diaryl/α,β-unsaturated/α-hetero) is 1. The molecule has 1 atom stereocenters. The van der Waals surface area contributed by atoms with Crippen molar-refractivity contribution in [1.29, 1.82) is 0 Å². The summed E-state index contributed by atoms with van der Waals surface area (Å²) in [6.45, 7) is 4.19. The number of ketones is 1. The lowest BCUT2D eigenvalue weighted by Crippen LogP contribution is -2.29. The Bertz CT molecular complexity index is 509. The van der Waals surface area contributed by atoms with Crippen LogP contribution < -0.4 is 0 Å². The Morgan fingerprint density at radius 2 is 2.29 bits per heavy atom. The number of benzene rings is 1. The molecule has 1 saturated heterocycles. The highest BCUT2D eigenvalue weighted by atomic mass is 79.9. The molecular formula is C16H22BrClN2O. The SMILES string of the molecule is CN(CCC(=O)c1ccc(Br)cc1Cl)CC1CCN(C)C1. The average Bonchev–Trinajstić information content (AvgIpc) is 2.81. The molecule has 0 amide bonds. The maximum atomic E-state index is 12.2. The first-order valence-corrected chi connectivity index (χ1v) is 8.48. The van der Waals surface area contributed by atoms with Crippen molar-refractivity contribution in [3.63, 3.8) is 0 Å². The van der Waals surface area contributed by atoms with E-state index in [1.165, 1.54) is 13.0 Å². The van der Waals surface area contributed by atoms with Gasteiger partial charge in [0, 0.05) is 36.1 Å². The van der Waals surface area contributed by atoms with Gasteiger partial charge in [0.05, 0.1) is 5.02 Å². The summed E-state index contributed by atoms with van der Waals surface area (Å²) in [5, 5.41) is 0.523. The van der Waals surface area contributed by atoms with E-state index in [1.54, 1.807) is 12.1 Å². The lowest BCUT2D eigenvalue weighted by molar-refractivity contribution is 0.0966. The van der Waals surface area contributed by atoms with E-state index < -0.39 is 0 Å². The number of carbonyl (C=O) groups excluding carboxylic acids is 1. The molecule has 3 nitrogen and oxygen atoms in total. The molecule has 21 heavy (non-hydrogen) atoms. The zero-order chi connectivity index (χ0) is 15.4. The van der Waals surface area contributed by atoms with Crippen LogP contribution in [0.5, 0.6) is 0 Å². The molecule has 1 aromatic rings. The van der Waals surface area contributed by atoms with Crippen LogP contribution in [0.15, 0.2) is 22.7 Å². The summed E-state index contributed by atoms with van der Waals surface area (Å²) in [5.74, 6) is 0.842. The fourth-order valence-corrected chi connectivity index (χ4v) is 3.63. The van der Waals surface area contributed by atoms with Crippen molar-refractivity contribution in [2.45, 2.75) is 12.8 Å². The van der Waals surface area contributed by atoms with Crippen molar-refractivity contribution in [3.05, 3.63) is 33.3 Å². The number of halogens is 2. The summed E-state index contributed by atoms with van der Waals surface area (Å²) in [5.41, 5.74) is 0.619. The lowest BCUT2D eigenvalue weighted by Gasteiger charge is -2.20. The van der Waals surface area contributed by atoms with Crippen LogP contribution in [-0.4, -0.2) is 55.9 Å². The highest BCUT2D eigenvalue weighted by Gasteiger charge is 2.21. The number of rotatable bonds is 6. The van der Waals surface area contributed by atoms with Gasteiger partial charge < -0.3 is 9.80 Å². The van der Waals surface area contributed by atoms with E-state index >= 15 is 0 Å². The Morgan fingerprint density at radius 3 is 2.90 bits per heavy atom. The number of likely N-dealkylation sites (tertiary alicyclic amines) is 1. The van der Waals surface area contributed by atoms with Crippen LogP contribution in [0.1, 0.15) is 23.2 Å². The summed E-state index contributed by atoms with van der Waals surface area (Å²) in [6.07, 6.45) is 1.77. The van der Waals surface area contributed by atoms with Crippen molar-refractivity contribution in [2.75, 3.05) is 40.3 Å². The Kier molecular flexibility index (Phi) is 6.23. The van der Waals surface area contributed by atoms with E-state index in [-0.39, 0.29) is 5.78 Å². The molecule has 1 fully saturated rings. The molecule has 0 aromatic heterocycles. The summed E-state index contributed by atoms with van der Waals surface area (Å²) < 4.78 is 0.895. The van der Waals surface area contributed by atoms with Gasteiger partial charge in [0.25, 0.3) is 0 Å². The van der Waals surface area contributed by atoms with Crippen LogP contribution in [0.4, 0.5) is 0 Å². The third-order valence-electron chi connectivity index (χ3n) is 4.01. The molecule has 0 bridgehead atoms. The summed E-state index contributed by atoms with van der Waals surface area (Å²) in [6, 6.07) is 5.42. The van der Waals surface area contributed by atoms with Gasteiger partial charge in [-0.2, -0.15) is 0 Å². The van der Waals surface area contributed by atoms with Crippen LogP contribution >= 0.6 is 27.5 Å². The van der Waals surface area contributed by atoms with E-state index in [0.29, 0.717) is 17.0 Å². The second kappa shape index (κ2) is 7.73. The number of hydrogen-bond donors (Lipinski definition) is 0.